The van der Waals surface area contributed by atoms with E-state index in [1.54, 1.807) is 13.8 Å². The number of nitrogens with zero attached hydrogens (tertiary/aromatic N) is 2. The van der Waals surface area contributed by atoms with Gasteiger partial charge in [-0.3, -0.25) is 9.59 Å². The minimum Gasteiger partial charge on any atom is -0.322 e. The number of benzene rings is 1. The van der Waals surface area contributed by atoms with E-state index < -0.39 is 21.5 Å². The standard InChI is InChI=1S/C23H24N4O4S2/c1-3-27(4-2)33(30,31)14-9-10-19-16(11-14)17(12-21(28)25-19)22(29)26-23-18(13-24)15-7-5-6-8-20(15)32-23/h9-12H,3-8H2,1-2H3,(H,25,28)(H,26,29). The highest BCUT2D eigenvalue weighted by molar-refractivity contribution is 7.89. The molecule has 0 saturated carbocycles. The summed E-state index contributed by atoms with van der Waals surface area (Å²) in [6.45, 7) is 4.14. The van der Waals surface area contributed by atoms with Gasteiger partial charge in [-0.05, 0) is 49.4 Å². The molecule has 1 aliphatic carbocycles. The number of pyridine rings is 1. The molecule has 1 aromatic carbocycles. The number of nitrogens with one attached hydrogen (secondary N) is 2. The lowest BCUT2D eigenvalue weighted by Crippen LogP contribution is -2.30. The lowest BCUT2D eigenvalue weighted by atomic mass is 9.96. The van der Waals surface area contributed by atoms with Crippen LogP contribution in [0.15, 0.2) is 34.0 Å². The number of aromatic amines is 1. The van der Waals surface area contributed by atoms with Crippen molar-refractivity contribution in [3.05, 3.63) is 56.2 Å². The summed E-state index contributed by atoms with van der Waals surface area (Å²) in [5.74, 6) is -0.557. The fourth-order valence-corrected chi connectivity index (χ4v) is 6.96. The molecule has 3 aromatic rings. The zero-order valence-electron chi connectivity index (χ0n) is 18.4. The van der Waals surface area contributed by atoms with Gasteiger partial charge in [0.05, 0.1) is 16.0 Å². The van der Waals surface area contributed by atoms with Crippen LogP contribution in [0.4, 0.5) is 5.00 Å². The van der Waals surface area contributed by atoms with E-state index in [1.165, 1.54) is 33.8 Å². The first kappa shape index (κ1) is 23.2. The van der Waals surface area contributed by atoms with Gasteiger partial charge in [-0.2, -0.15) is 9.57 Å². The predicted octanol–water partition coefficient (Wildman–Crippen LogP) is 3.62. The van der Waals surface area contributed by atoms with Crippen molar-refractivity contribution in [2.24, 2.45) is 0 Å². The van der Waals surface area contributed by atoms with Crippen molar-refractivity contribution < 1.29 is 13.2 Å². The molecule has 0 saturated heterocycles. The molecule has 2 heterocycles. The Hall–Kier alpha value is -3.00. The van der Waals surface area contributed by atoms with Crippen LogP contribution in [-0.2, 0) is 22.9 Å². The molecule has 33 heavy (non-hydrogen) atoms. The molecule has 4 rings (SSSR count). The third-order valence-corrected chi connectivity index (χ3v) is 9.17. The van der Waals surface area contributed by atoms with E-state index in [0.717, 1.165) is 42.2 Å². The Morgan fingerprint density at radius 1 is 1.21 bits per heavy atom. The largest absolute Gasteiger partial charge is 0.322 e. The van der Waals surface area contributed by atoms with Crippen LogP contribution in [0.3, 0.4) is 0 Å². The number of sulfonamides is 1. The molecule has 1 amide bonds. The van der Waals surface area contributed by atoms with E-state index in [9.17, 15) is 23.3 Å². The predicted molar refractivity (Wildman–Crippen MR) is 128 cm³/mol. The van der Waals surface area contributed by atoms with Gasteiger partial charge in [-0.1, -0.05) is 13.8 Å². The molecule has 0 aliphatic heterocycles. The van der Waals surface area contributed by atoms with Crippen LogP contribution in [-0.4, -0.2) is 36.7 Å². The van der Waals surface area contributed by atoms with E-state index in [1.807, 2.05) is 0 Å². The molecular weight excluding hydrogens is 460 g/mol. The average Bonchev–Trinajstić information content (AvgIpc) is 3.15. The summed E-state index contributed by atoms with van der Waals surface area (Å²) in [6, 6.07) is 7.70. The second kappa shape index (κ2) is 9.09. The normalized spacial score (nSPS) is 13.6. The lowest BCUT2D eigenvalue weighted by molar-refractivity contribution is 0.102. The molecule has 0 bridgehead atoms. The molecule has 8 nitrogen and oxygen atoms in total. The Labute approximate surface area is 195 Å². The zero-order chi connectivity index (χ0) is 23.8. The van der Waals surface area contributed by atoms with Crippen molar-refractivity contribution >= 4 is 43.2 Å². The minimum atomic E-state index is -3.75. The monoisotopic (exact) mass is 484 g/mol. The highest BCUT2D eigenvalue weighted by Gasteiger charge is 2.25. The Balaban J connectivity index is 1.79. The van der Waals surface area contributed by atoms with Crippen LogP contribution >= 0.6 is 11.3 Å². The molecule has 0 atom stereocenters. The van der Waals surface area contributed by atoms with Crippen LogP contribution in [0.5, 0.6) is 0 Å². The van der Waals surface area contributed by atoms with Gasteiger partial charge in [0.25, 0.3) is 5.91 Å². The van der Waals surface area contributed by atoms with Crippen molar-refractivity contribution in [3.63, 3.8) is 0 Å². The number of H-pyrrole nitrogens is 1. The van der Waals surface area contributed by atoms with Crippen molar-refractivity contribution in [1.29, 1.82) is 5.26 Å². The lowest BCUT2D eigenvalue weighted by Gasteiger charge is -2.19. The van der Waals surface area contributed by atoms with Crippen molar-refractivity contribution in [3.8, 4) is 6.07 Å². The topological polar surface area (TPSA) is 123 Å². The first-order chi connectivity index (χ1) is 15.8. The fraction of sp³-hybridized carbons (Fsp3) is 0.348. The van der Waals surface area contributed by atoms with Crippen LogP contribution in [0, 0.1) is 11.3 Å². The SMILES string of the molecule is CCN(CC)S(=O)(=O)c1ccc2[nH]c(=O)cc(C(=O)Nc3sc4c(c3C#N)CCCC4)c2c1. The molecule has 2 N–H and O–H groups in total. The van der Waals surface area contributed by atoms with E-state index in [-0.39, 0.29) is 10.5 Å². The van der Waals surface area contributed by atoms with Crippen molar-refractivity contribution in [1.82, 2.24) is 9.29 Å². The third-order valence-electron chi connectivity index (χ3n) is 5.91. The van der Waals surface area contributed by atoms with Crippen molar-refractivity contribution in [2.75, 3.05) is 18.4 Å². The number of aryl methyl sites for hydroxylation is 1. The number of fused-ring (bicyclic) bond motifs is 2. The highest BCUT2D eigenvalue weighted by atomic mass is 32.2. The Bertz CT molecular complexity index is 1440. The van der Waals surface area contributed by atoms with Gasteiger partial charge in [-0.25, -0.2) is 8.42 Å². The maximum Gasteiger partial charge on any atom is 0.257 e. The minimum absolute atomic E-state index is 0.0455. The second-order valence-corrected chi connectivity index (χ2v) is 10.9. The number of carbonyl (C=O) groups excluding carboxylic acids is 1. The maximum atomic E-state index is 13.2. The number of amides is 1. The van der Waals surface area contributed by atoms with Gasteiger partial charge in [0.15, 0.2) is 0 Å². The van der Waals surface area contributed by atoms with Crippen LogP contribution in [0.2, 0.25) is 0 Å². The van der Waals surface area contributed by atoms with Gasteiger partial charge in [0, 0.05) is 34.9 Å². The summed E-state index contributed by atoms with van der Waals surface area (Å²) in [4.78, 5) is 29.3. The summed E-state index contributed by atoms with van der Waals surface area (Å²) in [6.07, 6.45) is 3.75. The van der Waals surface area contributed by atoms with E-state index in [0.29, 0.717) is 34.6 Å². The van der Waals surface area contributed by atoms with E-state index >= 15 is 0 Å². The number of hydrogen-bond donors (Lipinski definition) is 2. The Morgan fingerprint density at radius 3 is 2.64 bits per heavy atom. The molecule has 1 aliphatic rings. The third kappa shape index (κ3) is 4.19. The van der Waals surface area contributed by atoms with Gasteiger partial charge in [-0.15, -0.1) is 11.3 Å². The maximum absolute atomic E-state index is 13.2. The highest BCUT2D eigenvalue weighted by Crippen LogP contribution is 2.38. The first-order valence-corrected chi connectivity index (χ1v) is 13.1. The number of nitriles is 1. The number of anilines is 1. The molecule has 172 valence electrons. The molecule has 0 fully saturated rings. The Kier molecular flexibility index (Phi) is 6.38. The number of hydrogen-bond acceptors (Lipinski definition) is 6. The average molecular weight is 485 g/mol. The smallest absolute Gasteiger partial charge is 0.257 e. The van der Waals surface area contributed by atoms with E-state index in [4.69, 9.17) is 0 Å². The molecule has 0 spiro atoms. The number of carbonyl (C=O) groups is 1. The van der Waals surface area contributed by atoms with Gasteiger partial charge in [0.1, 0.15) is 11.1 Å². The summed E-state index contributed by atoms with van der Waals surface area (Å²) >= 11 is 1.39. The summed E-state index contributed by atoms with van der Waals surface area (Å²) in [5.41, 5.74) is 1.41. The zero-order valence-corrected chi connectivity index (χ0v) is 20.0. The van der Waals surface area contributed by atoms with E-state index in [2.05, 4.69) is 16.4 Å². The molecule has 2 aromatic heterocycles. The summed E-state index contributed by atoms with van der Waals surface area (Å²) in [5, 5.41) is 13.3. The Morgan fingerprint density at radius 2 is 1.94 bits per heavy atom. The molecule has 10 heteroatoms. The molecule has 0 radical (unpaired) electrons. The van der Waals surface area contributed by atoms with Crippen molar-refractivity contribution in [2.45, 2.75) is 44.4 Å². The fourth-order valence-electron chi connectivity index (χ4n) is 4.24. The molecular formula is C23H24N4O4S2. The van der Waals surface area contributed by atoms with Gasteiger partial charge < -0.3 is 10.3 Å². The van der Waals surface area contributed by atoms with Gasteiger partial charge in [0.2, 0.25) is 15.6 Å². The van der Waals surface area contributed by atoms with Crippen LogP contribution in [0.1, 0.15) is 53.1 Å². The quantitative estimate of drug-likeness (QED) is 0.553. The number of aromatic nitrogens is 1. The summed E-state index contributed by atoms with van der Waals surface area (Å²) in [7, 11) is -3.75. The van der Waals surface area contributed by atoms with Gasteiger partial charge >= 0.3 is 0 Å². The number of rotatable bonds is 6. The van der Waals surface area contributed by atoms with Crippen LogP contribution < -0.4 is 10.9 Å². The summed E-state index contributed by atoms with van der Waals surface area (Å²) < 4.78 is 27.3. The number of thiophene rings is 1. The second-order valence-electron chi connectivity index (χ2n) is 7.82. The van der Waals surface area contributed by atoms with Crippen LogP contribution in [0.25, 0.3) is 10.9 Å². The first-order valence-electron chi connectivity index (χ1n) is 10.8. The molecule has 0 unspecified atom stereocenters.